The summed E-state index contributed by atoms with van der Waals surface area (Å²) < 4.78 is 4.77. The van der Waals surface area contributed by atoms with Crippen LogP contribution >= 0.6 is 0 Å². The molecule has 176 valence electrons. The summed E-state index contributed by atoms with van der Waals surface area (Å²) in [5, 5.41) is 13.8. The van der Waals surface area contributed by atoms with Gasteiger partial charge >= 0.3 is 5.97 Å². The highest BCUT2D eigenvalue weighted by Gasteiger charge is 2.35. The van der Waals surface area contributed by atoms with Crippen molar-refractivity contribution in [3.05, 3.63) is 43.0 Å². The van der Waals surface area contributed by atoms with Crippen LogP contribution in [0.3, 0.4) is 0 Å². The molecule has 0 unspecified atom stereocenters. The van der Waals surface area contributed by atoms with Crippen molar-refractivity contribution in [2.24, 2.45) is 0 Å². The number of hydrogen-bond donors (Lipinski definition) is 4. The lowest BCUT2D eigenvalue weighted by Crippen LogP contribution is -2.45. The van der Waals surface area contributed by atoms with Crippen LogP contribution in [0.25, 0.3) is 22.3 Å². The first-order chi connectivity index (χ1) is 16.6. The third-order valence-corrected chi connectivity index (χ3v) is 6.19. The molecule has 0 spiro atoms. The van der Waals surface area contributed by atoms with E-state index in [0.29, 0.717) is 37.6 Å². The predicted octanol–water partition coefficient (Wildman–Crippen LogP) is 0.249. The van der Waals surface area contributed by atoms with Crippen molar-refractivity contribution in [2.45, 2.75) is 37.0 Å². The largest absolute Gasteiger partial charge is 0.468 e. The van der Waals surface area contributed by atoms with Gasteiger partial charge in [-0.2, -0.15) is 0 Å². The summed E-state index contributed by atoms with van der Waals surface area (Å²) >= 11 is 0. The fraction of sp³-hybridized carbons (Fsp3) is 0.391. The van der Waals surface area contributed by atoms with Gasteiger partial charge in [0, 0.05) is 54.7 Å². The summed E-state index contributed by atoms with van der Waals surface area (Å²) in [5.74, 6) is 0.904. The Hall–Kier alpha value is -3.70. The molecule has 4 atom stereocenters. The van der Waals surface area contributed by atoms with Crippen LogP contribution in [-0.2, 0) is 14.3 Å². The van der Waals surface area contributed by atoms with Gasteiger partial charge in [0.05, 0.1) is 24.9 Å². The van der Waals surface area contributed by atoms with Gasteiger partial charge in [0.1, 0.15) is 11.9 Å². The molecule has 4 N–H and O–H groups in total. The summed E-state index contributed by atoms with van der Waals surface area (Å²) in [4.78, 5) is 42.2. The summed E-state index contributed by atoms with van der Waals surface area (Å²) in [6.07, 6.45) is 7.96. The number of ether oxygens (including phenoxy) is 1. The topological polar surface area (TPSA) is 143 Å². The zero-order chi connectivity index (χ0) is 23.5. The number of esters is 1. The lowest BCUT2D eigenvalue weighted by molar-refractivity contribution is -0.142. The van der Waals surface area contributed by atoms with E-state index in [1.807, 2.05) is 18.2 Å². The smallest absolute Gasteiger partial charge is 0.322 e. The van der Waals surface area contributed by atoms with Crippen molar-refractivity contribution < 1.29 is 14.3 Å². The van der Waals surface area contributed by atoms with Crippen LogP contribution in [-0.4, -0.2) is 76.2 Å². The zero-order valence-corrected chi connectivity index (χ0v) is 18.7. The van der Waals surface area contributed by atoms with E-state index in [0.717, 1.165) is 16.5 Å². The Morgan fingerprint density at radius 3 is 2.53 bits per heavy atom. The lowest BCUT2D eigenvalue weighted by Gasteiger charge is -2.17. The molecule has 5 rings (SSSR count). The second-order valence-electron chi connectivity index (χ2n) is 8.49. The number of amides is 1. The predicted molar refractivity (Wildman–Crippen MR) is 125 cm³/mol. The number of rotatable bonds is 6. The van der Waals surface area contributed by atoms with Crippen molar-refractivity contribution in [3.63, 3.8) is 0 Å². The molecule has 0 aromatic carbocycles. The molecule has 5 heterocycles. The molecule has 11 nitrogen and oxygen atoms in total. The average molecular weight is 463 g/mol. The van der Waals surface area contributed by atoms with Gasteiger partial charge in [-0.25, -0.2) is 9.97 Å². The fourth-order valence-electron chi connectivity index (χ4n) is 4.43. The van der Waals surface area contributed by atoms with Crippen LogP contribution in [0.15, 0.2) is 43.0 Å². The van der Waals surface area contributed by atoms with Crippen molar-refractivity contribution >= 4 is 28.6 Å². The highest BCUT2D eigenvalue weighted by molar-refractivity contribution is 5.90. The molecular formula is C23H26N8O3. The molecular weight excluding hydrogens is 436 g/mol. The molecule has 11 heteroatoms. The number of fused-ring (bicyclic) bond motifs is 1. The fourth-order valence-corrected chi connectivity index (χ4v) is 4.43. The first-order valence-electron chi connectivity index (χ1n) is 11.2. The number of pyridine rings is 2. The number of nitrogens with zero attached hydrogens (tertiary/aromatic N) is 4. The van der Waals surface area contributed by atoms with Gasteiger partial charge < -0.3 is 26.0 Å². The van der Waals surface area contributed by atoms with Gasteiger partial charge in [-0.15, -0.1) is 0 Å². The van der Waals surface area contributed by atoms with Crippen LogP contribution in [0.2, 0.25) is 0 Å². The Balaban J connectivity index is 1.26. The average Bonchev–Trinajstić information content (AvgIpc) is 3.54. The highest BCUT2D eigenvalue weighted by Crippen LogP contribution is 2.25. The maximum absolute atomic E-state index is 12.8. The Morgan fingerprint density at radius 1 is 0.971 bits per heavy atom. The molecule has 0 saturated carbocycles. The maximum Gasteiger partial charge on any atom is 0.322 e. The molecule has 0 bridgehead atoms. The van der Waals surface area contributed by atoms with Gasteiger partial charge in [0.2, 0.25) is 5.91 Å². The summed E-state index contributed by atoms with van der Waals surface area (Å²) in [6, 6.07) is 4.80. The van der Waals surface area contributed by atoms with Crippen molar-refractivity contribution in [2.75, 3.05) is 25.5 Å². The van der Waals surface area contributed by atoms with E-state index in [-0.39, 0.29) is 36.0 Å². The minimum Gasteiger partial charge on any atom is -0.468 e. The Bertz CT molecular complexity index is 1190. The molecule has 3 aromatic heterocycles. The molecule has 1 amide bonds. The van der Waals surface area contributed by atoms with E-state index < -0.39 is 0 Å². The van der Waals surface area contributed by atoms with Crippen molar-refractivity contribution in [1.29, 1.82) is 0 Å². The van der Waals surface area contributed by atoms with Crippen LogP contribution in [0.5, 0.6) is 0 Å². The SMILES string of the molecule is COC(=O)[C@@H]1C[C@H](NC(=O)[C@@H]2C[C@H](Nc3nc(-c4ccncc4)nc4cnccc34)CN2)CN1. The van der Waals surface area contributed by atoms with Crippen LogP contribution in [0, 0.1) is 0 Å². The minimum absolute atomic E-state index is 0.0110. The van der Waals surface area contributed by atoms with Crippen LogP contribution < -0.4 is 21.3 Å². The Kier molecular flexibility index (Phi) is 6.28. The molecule has 2 fully saturated rings. The van der Waals surface area contributed by atoms with Gasteiger partial charge in [-0.05, 0) is 31.0 Å². The molecule has 2 aliphatic rings. The number of hydrogen-bond acceptors (Lipinski definition) is 10. The van der Waals surface area contributed by atoms with E-state index in [4.69, 9.17) is 9.72 Å². The van der Waals surface area contributed by atoms with Gasteiger partial charge in [-0.1, -0.05) is 0 Å². The van der Waals surface area contributed by atoms with E-state index in [9.17, 15) is 9.59 Å². The third-order valence-electron chi connectivity index (χ3n) is 6.19. The lowest BCUT2D eigenvalue weighted by atomic mass is 10.1. The molecule has 34 heavy (non-hydrogen) atoms. The maximum atomic E-state index is 12.8. The van der Waals surface area contributed by atoms with E-state index in [1.54, 1.807) is 24.8 Å². The zero-order valence-electron chi connectivity index (χ0n) is 18.7. The summed E-state index contributed by atoms with van der Waals surface area (Å²) in [6.45, 7) is 1.16. The normalized spacial score (nSPS) is 24.1. The van der Waals surface area contributed by atoms with E-state index in [1.165, 1.54) is 7.11 Å². The molecule has 2 saturated heterocycles. The summed E-state index contributed by atoms with van der Waals surface area (Å²) in [5.41, 5.74) is 1.60. The molecule has 3 aromatic rings. The standard InChI is InChI=1S/C23H26N8O3/c1-34-23(33)18-9-15(11-27-18)29-22(32)17-8-14(10-26-17)28-21-16-4-7-25-12-19(16)30-20(31-21)13-2-5-24-6-3-13/h2-7,12,14-15,17-18,26-27H,8-11H2,1H3,(H,29,32)(H,28,30,31)/t14-,15-,17-,18-/m0/s1. The second kappa shape index (κ2) is 9.65. The third kappa shape index (κ3) is 4.66. The van der Waals surface area contributed by atoms with Gasteiger partial charge in [-0.3, -0.25) is 19.6 Å². The van der Waals surface area contributed by atoms with Gasteiger partial charge in [0.15, 0.2) is 5.82 Å². The first kappa shape index (κ1) is 22.1. The van der Waals surface area contributed by atoms with E-state index in [2.05, 4.69) is 36.2 Å². The Labute approximate surface area is 196 Å². The van der Waals surface area contributed by atoms with E-state index >= 15 is 0 Å². The number of nitrogens with one attached hydrogen (secondary N) is 4. The number of aromatic nitrogens is 4. The van der Waals surface area contributed by atoms with Crippen molar-refractivity contribution in [1.82, 2.24) is 35.9 Å². The summed E-state index contributed by atoms with van der Waals surface area (Å²) in [7, 11) is 1.36. The second-order valence-corrected chi connectivity index (χ2v) is 8.49. The van der Waals surface area contributed by atoms with Crippen molar-refractivity contribution in [3.8, 4) is 11.4 Å². The van der Waals surface area contributed by atoms with Gasteiger partial charge in [0.25, 0.3) is 0 Å². The van der Waals surface area contributed by atoms with Crippen LogP contribution in [0.4, 0.5) is 5.82 Å². The van der Waals surface area contributed by atoms with Crippen LogP contribution in [0.1, 0.15) is 12.8 Å². The number of carbonyl (C=O) groups is 2. The minimum atomic E-state index is -0.378. The first-order valence-corrected chi connectivity index (χ1v) is 11.2. The molecule has 0 radical (unpaired) electrons. The number of carbonyl (C=O) groups excluding carboxylic acids is 2. The molecule has 2 aliphatic heterocycles. The molecule has 0 aliphatic carbocycles. The monoisotopic (exact) mass is 462 g/mol. The Morgan fingerprint density at radius 2 is 1.71 bits per heavy atom. The number of methoxy groups -OCH3 is 1. The number of anilines is 1. The quantitative estimate of drug-likeness (QED) is 0.376. The highest BCUT2D eigenvalue weighted by atomic mass is 16.5.